The van der Waals surface area contributed by atoms with Gasteiger partial charge in [-0.1, -0.05) is 23.7 Å². The Morgan fingerprint density at radius 2 is 2.05 bits per heavy atom. The topological polar surface area (TPSA) is 26.3 Å². The zero-order valence-corrected chi connectivity index (χ0v) is 11.1. The molecule has 0 amide bonds. The predicted octanol–water partition coefficient (Wildman–Crippen LogP) is 4.05. The minimum Gasteiger partial charge on any atom is -0.485 e. The van der Waals surface area contributed by atoms with Gasteiger partial charge in [0.2, 0.25) is 0 Å². The Morgan fingerprint density at radius 3 is 2.74 bits per heavy atom. The van der Waals surface area contributed by atoms with Crippen molar-refractivity contribution in [1.29, 1.82) is 0 Å². The summed E-state index contributed by atoms with van der Waals surface area (Å²) < 4.78 is 18.3. The van der Waals surface area contributed by atoms with Crippen LogP contribution in [0, 0.1) is 12.7 Å². The molecule has 0 aliphatic rings. The number of Topliss-reactive ketones (excluding diaryl/α,β-unsaturated/α-hetero) is 1. The molecule has 2 aromatic rings. The Morgan fingerprint density at radius 1 is 1.26 bits per heavy atom. The lowest BCUT2D eigenvalue weighted by Crippen LogP contribution is -2.11. The van der Waals surface area contributed by atoms with E-state index in [1.807, 2.05) is 6.92 Å². The lowest BCUT2D eigenvalue weighted by Gasteiger charge is -2.07. The third-order valence-corrected chi connectivity index (χ3v) is 3.07. The standard InChI is InChI=1S/C15H12ClFO2/c1-10-7-13(5-6-14(10)16)19-9-15(18)11-3-2-4-12(17)8-11/h2-8H,9H2,1H3. The second-order valence-corrected chi connectivity index (χ2v) is 4.54. The molecule has 2 rings (SSSR count). The molecular formula is C15H12ClFO2. The van der Waals surface area contributed by atoms with E-state index in [4.69, 9.17) is 16.3 Å². The van der Waals surface area contributed by atoms with Crippen molar-refractivity contribution in [2.24, 2.45) is 0 Å². The number of carbonyl (C=O) groups excluding carboxylic acids is 1. The highest BCUT2D eigenvalue weighted by atomic mass is 35.5. The van der Waals surface area contributed by atoms with Crippen LogP contribution in [0.15, 0.2) is 42.5 Å². The van der Waals surface area contributed by atoms with Gasteiger partial charge in [0.05, 0.1) is 0 Å². The summed E-state index contributed by atoms with van der Waals surface area (Å²) in [6.07, 6.45) is 0. The minimum absolute atomic E-state index is 0.134. The number of aryl methyl sites for hydroxylation is 1. The average molecular weight is 279 g/mol. The summed E-state index contributed by atoms with van der Waals surface area (Å²) in [5.41, 5.74) is 1.17. The Labute approximate surface area is 115 Å². The fraction of sp³-hybridized carbons (Fsp3) is 0.133. The monoisotopic (exact) mass is 278 g/mol. The third kappa shape index (κ3) is 3.55. The molecule has 0 fully saturated rings. The molecule has 2 aromatic carbocycles. The number of rotatable bonds is 4. The largest absolute Gasteiger partial charge is 0.485 e. The van der Waals surface area contributed by atoms with Crippen LogP contribution in [0.4, 0.5) is 4.39 Å². The van der Waals surface area contributed by atoms with E-state index in [-0.39, 0.29) is 12.4 Å². The molecule has 4 heteroatoms. The molecule has 0 heterocycles. The van der Waals surface area contributed by atoms with Crippen molar-refractivity contribution in [3.8, 4) is 5.75 Å². The summed E-state index contributed by atoms with van der Waals surface area (Å²) >= 11 is 5.89. The number of hydrogen-bond donors (Lipinski definition) is 0. The molecule has 2 nitrogen and oxygen atoms in total. The first kappa shape index (κ1) is 13.6. The summed E-state index contributed by atoms with van der Waals surface area (Å²) in [6.45, 7) is 1.72. The van der Waals surface area contributed by atoms with Crippen LogP contribution in [-0.4, -0.2) is 12.4 Å². The number of ether oxygens (including phenoxy) is 1. The van der Waals surface area contributed by atoms with Crippen LogP contribution in [0.3, 0.4) is 0 Å². The van der Waals surface area contributed by atoms with Crippen LogP contribution in [0.1, 0.15) is 15.9 Å². The van der Waals surface area contributed by atoms with Crippen LogP contribution >= 0.6 is 11.6 Å². The van der Waals surface area contributed by atoms with E-state index in [9.17, 15) is 9.18 Å². The SMILES string of the molecule is Cc1cc(OCC(=O)c2cccc(F)c2)ccc1Cl. The van der Waals surface area contributed by atoms with Crippen molar-refractivity contribution in [2.45, 2.75) is 6.92 Å². The first-order valence-electron chi connectivity index (χ1n) is 5.74. The Kier molecular flexibility index (Phi) is 4.17. The molecule has 19 heavy (non-hydrogen) atoms. The van der Waals surface area contributed by atoms with Gasteiger partial charge in [0, 0.05) is 10.6 Å². The molecule has 0 aliphatic heterocycles. The van der Waals surface area contributed by atoms with E-state index in [0.29, 0.717) is 16.3 Å². The normalized spacial score (nSPS) is 10.3. The summed E-state index contributed by atoms with van der Waals surface area (Å²) in [6, 6.07) is 10.7. The summed E-state index contributed by atoms with van der Waals surface area (Å²) in [5, 5.41) is 0.642. The molecule has 0 aliphatic carbocycles. The zero-order valence-electron chi connectivity index (χ0n) is 10.3. The van der Waals surface area contributed by atoms with E-state index >= 15 is 0 Å². The number of ketones is 1. The van der Waals surface area contributed by atoms with E-state index in [1.54, 1.807) is 24.3 Å². The van der Waals surface area contributed by atoms with Crippen LogP contribution in [-0.2, 0) is 0 Å². The van der Waals surface area contributed by atoms with Gasteiger partial charge in [-0.05, 0) is 42.8 Å². The van der Waals surface area contributed by atoms with Gasteiger partial charge in [-0.3, -0.25) is 4.79 Å². The van der Waals surface area contributed by atoms with E-state index in [0.717, 1.165) is 5.56 Å². The van der Waals surface area contributed by atoms with Gasteiger partial charge < -0.3 is 4.74 Å². The summed E-state index contributed by atoms with van der Waals surface area (Å²) in [7, 11) is 0. The van der Waals surface area contributed by atoms with Gasteiger partial charge in [-0.15, -0.1) is 0 Å². The maximum atomic E-state index is 13.0. The van der Waals surface area contributed by atoms with Crippen LogP contribution in [0.5, 0.6) is 5.75 Å². The highest BCUT2D eigenvalue weighted by molar-refractivity contribution is 6.31. The average Bonchev–Trinajstić information content (AvgIpc) is 2.40. The lowest BCUT2D eigenvalue weighted by molar-refractivity contribution is 0.0921. The number of halogens is 2. The number of hydrogen-bond acceptors (Lipinski definition) is 2. The maximum Gasteiger partial charge on any atom is 0.200 e. The fourth-order valence-electron chi connectivity index (χ4n) is 1.60. The molecule has 0 saturated heterocycles. The minimum atomic E-state index is -0.437. The second kappa shape index (κ2) is 5.85. The Bertz CT molecular complexity index is 611. The summed E-state index contributed by atoms with van der Waals surface area (Å²) in [5.74, 6) is -0.146. The molecule has 98 valence electrons. The molecule has 0 unspecified atom stereocenters. The second-order valence-electron chi connectivity index (χ2n) is 4.13. The van der Waals surface area contributed by atoms with Gasteiger partial charge in [0.1, 0.15) is 11.6 Å². The highest BCUT2D eigenvalue weighted by Crippen LogP contribution is 2.21. The molecule has 0 saturated carbocycles. The molecule has 0 bridgehead atoms. The molecule has 0 aromatic heterocycles. The first-order valence-corrected chi connectivity index (χ1v) is 6.12. The number of carbonyl (C=O) groups is 1. The highest BCUT2D eigenvalue weighted by Gasteiger charge is 2.08. The van der Waals surface area contributed by atoms with Crippen LogP contribution in [0.25, 0.3) is 0 Å². The fourth-order valence-corrected chi connectivity index (χ4v) is 1.72. The van der Waals surface area contributed by atoms with Gasteiger partial charge in [0.25, 0.3) is 0 Å². The Balaban J connectivity index is 2.02. The Hall–Kier alpha value is -1.87. The maximum absolute atomic E-state index is 13.0. The smallest absolute Gasteiger partial charge is 0.200 e. The van der Waals surface area contributed by atoms with Crippen LogP contribution in [0.2, 0.25) is 5.02 Å². The number of benzene rings is 2. The predicted molar refractivity (Wildman–Crippen MR) is 72.4 cm³/mol. The summed E-state index contributed by atoms with van der Waals surface area (Å²) in [4.78, 5) is 11.8. The van der Waals surface area contributed by atoms with Crippen molar-refractivity contribution in [3.05, 3.63) is 64.4 Å². The molecule has 0 atom stereocenters. The van der Waals surface area contributed by atoms with Crippen molar-refractivity contribution in [2.75, 3.05) is 6.61 Å². The van der Waals surface area contributed by atoms with Crippen molar-refractivity contribution < 1.29 is 13.9 Å². The lowest BCUT2D eigenvalue weighted by atomic mass is 10.1. The molecule has 0 radical (unpaired) electrons. The van der Waals surface area contributed by atoms with E-state index in [2.05, 4.69) is 0 Å². The van der Waals surface area contributed by atoms with Gasteiger partial charge in [0.15, 0.2) is 12.4 Å². The third-order valence-electron chi connectivity index (χ3n) is 2.65. The van der Waals surface area contributed by atoms with Crippen molar-refractivity contribution >= 4 is 17.4 Å². The zero-order chi connectivity index (χ0) is 13.8. The van der Waals surface area contributed by atoms with E-state index < -0.39 is 5.82 Å². The van der Waals surface area contributed by atoms with Gasteiger partial charge in [-0.2, -0.15) is 0 Å². The van der Waals surface area contributed by atoms with Crippen LogP contribution < -0.4 is 4.74 Å². The first-order chi connectivity index (χ1) is 9.06. The quantitative estimate of drug-likeness (QED) is 0.789. The van der Waals surface area contributed by atoms with Crippen molar-refractivity contribution in [1.82, 2.24) is 0 Å². The van der Waals surface area contributed by atoms with Gasteiger partial charge >= 0.3 is 0 Å². The van der Waals surface area contributed by atoms with E-state index in [1.165, 1.54) is 18.2 Å². The molecular weight excluding hydrogens is 267 g/mol. The van der Waals surface area contributed by atoms with Gasteiger partial charge in [-0.25, -0.2) is 4.39 Å². The van der Waals surface area contributed by atoms with Crippen molar-refractivity contribution in [3.63, 3.8) is 0 Å². The molecule has 0 N–H and O–H groups in total. The molecule has 0 spiro atoms.